The van der Waals surface area contributed by atoms with Gasteiger partial charge < -0.3 is 9.72 Å². The van der Waals surface area contributed by atoms with Crippen LogP contribution in [0.3, 0.4) is 0 Å². The van der Waals surface area contributed by atoms with Crippen molar-refractivity contribution >= 4 is 22.1 Å². The smallest absolute Gasteiger partial charge is 0.123 e. The van der Waals surface area contributed by atoms with E-state index in [9.17, 15) is 8.78 Å². The molecule has 0 bridgehead atoms. The van der Waals surface area contributed by atoms with Gasteiger partial charge in [0.2, 0.25) is 0 Å². The maximum atomic E-state index is 13.7. The largest absolute Gasteiger partial charge is 0.383 e. The van der Waals surface area contributed by atoms with Crippen LogP contribution in [0.2, 0.25) is 0 Å². The van der Waals surface area contributed by atoms with Crippen molar-refractivity contribution in [1.82, 2.24) is 4.40 Å². The van der Waals surface area contributed by atoms with E-state index >= 15 is 0 Å². The van der Waals surface area contributed by atoms with Gasteiger partial charge in [-0.3, -0.25) is 0 Å². The van der Waals surface area contributed by atoms with Gasteiger partial charge in [-0.15, -0.1) is 0 Å². The standard InChI is InChI=1S/C26H18F2N2/c27-18-9-5-16(6-10-18)22-15-23-26-21(13-14-29-23)20-3-1-2-4-24(20)30(26)25(22)17-7-11-19(28)12-8-17/h1-12,15,29H,13-14H2. The summed E-state index contributed by atoms with van der Waals surface area (Å²) in [6, 6.07) is 23.7. The second kappa shape index (κ2) is 6.42. The maximum Gasteiger partial charge on any atom is 0.123 e. The maximum absolute atomic E-state index is 13.7. The summed E-state index contributed by atoms with van der Waals surface area (Å²) in [4.78, 5) is 0. The van der Waals surface area contributed by atoms with Gasteiger partial charge in [0, 0.05) is 17.5 Å². The summed E-state index contributed by atoms with van der Waals surface area (Å²) >= 11 is 0. The number of fused-ring (bicyclic) bond motifs is 3. The molecule has 0 atom stereocenters. The Bertz CT molecular complexity index is 1410. The molecule has 3 aromatic carbocycles. The summed E-state index contributed by atoms with van der Waals surface area (Å²) in [5.74, 6) is -0.535. The van der Waals surface area contributed by atoms with Gasteiger partial charge in [0.1, 0.15) is 11.6 Å². The van der Waals surface area contributed by atoms with E-state index in [1.54, 1.807) is 12.1 Å². The van der Waals surface area contributed by atoms with Crippen molar-refractivity contribution in [3.8, 4) is 22.4 Å². The van der Waals surface area contributed by atoms with Gasteiger partial charge in [-0.05, 0) is 71.6 Å². The zero-order valence-corrected chi connectivity index (χ0v) is 16.1. The van der Waals surface area contributed by atoms with Gasteiger partial charge in [-0.25, -0.2) is 8.78 Å². The molecule has 0 saturated carbocycles. The minimum Gasteiger partial charge on any atom is -0.383 e. The Hall–Kier alpha value is -3.66. The van der Waals surface area contributed by atoms with E-state index in [2.05, 4.69) is 34.0 Å². The predicted octanol–water partition coefficient (Wildman–Crippen LogP) is 6.67. The molecule has 4 heteroatoms. The number of halogens is 2. The number of pyridine rings is 1. The lowest BCUT2D eigenvalue weighted by atomic mass is 9.96. The molecule has 0 spiro atoms. The summed E-state index contributed by atoms with van der Waals surface area (Å²) < 4.78 is 29.6. The Morgan fingerprint density at radius 1 is 0.767 bits per heavy atom. The molecule has 0 radical (unpaired) electrons. The van der Waals surface area contributed by atoms with E-state index < -0.39 is 0 Å². The minimum atomic E-state index is -0.268. The first-order valence-corrected chi connectivity index (χ1v) is 10.1. The molecule has 6 rings (SSSR count). The third kappa shape index (κ3) is 2.47. The molecule has 0 saturated heterocycles. The quantitative estimate of drug-likeness (QED) is 0.352. The van der Waals surface area contributed by atoms with Crippen LogP contribution in [0.4, 0.5) is 14.5 Å². The lowest BCUT2D eigenvalue weighted by Crippen LogP contribution is -2.12. The van der Waals surface area contributed by atoms with Gasteiger partial charge in [-0.2, -0.15) is 0 Å². The van der Waals surface area contributed by atoms with Crippen molar-refractivity contribution in [2.75, 3.05) is 11.9 Å². The number of benzene rings is 3. The molecule has 3 heterocycles. The lowest BCUT2D eigenvalue weighted by Gasteiger charge is -2.21. The molecule has 0 unspecified atom stereocenters. The van der Waals surface area contributed by atoms with Gasteiger partial charge in [-0.1, -0.05) is 30.3 Å². The Balaban J connectivity index is 1.82. The van der Waals surface area contributed by atoms with Gasteiger partial charge >= 0.3 is 0 Å². The van der Waals surface area contributed by atoms with Crippen LogP contribution in [0.5, 0.6) is 0 Å². The molecule has 5 aromatic rings. The highest BCUT2D eigenvalue weighted by atomic mass is 19.1. The van der Waals surface area contributed by atoms with E-state index in [4.69, 9.17) is 0 Å². The number of rotatable bonds is 2. The molecule has 1 N–H and O–H groups in total. The Kier molecular flexibility index (Phi) is 3.69. The number of hydrogen-bond acceptors (Lipinski definition) is 1. The molecule has 1 aliphatic rings. The van der Waals surface area contributed by atoms with Crippen LogP contribution in [0, 0.1) is 11.6 Å². The minimum absolute atomic E-state index is 0.267. The molecule has 0 aliphatic carbocycles. The zero-order valence-electron chi connectivity index (χ0n) is 16.1. The fraction of sp³-hybridized carbons (Fsp3) is 0.0769. The summed E-state index contributed by atoms with van der Waals surface area (Å²) in [5, 5.41) is 4.78. The van der Waals surface area contributed by atoms with E-state index in [1.165, 1.54) is 35.2 Å². The molecule has 0 amide bonds. The van der Waals surface area contributed by atoms with E-state index in [1.807, 2.05) is 18.2 Å². The van der Waals surface area contributed by atoms with Crippen LogP contribution in [-0.4, -0.2) is 10.9 Å². The summed E-state index contributed by atoms with van der Waals surface area (Å²) in [6.45, 7) is 0.870. The van der Waals surface area contributed by atoms with E-state index in [0.29, 0.717) is 0 Å². The molecule has 1 aliphatic heterocycles. The Labute approximate surface area is 172 Å². The van der Waals surface area contributed by atoms with Crippen molar-refractivity contribution in [2.45, 2.75) is 6.42 Å². The van der Waals surface area contributed by atoms with Crippen LogP contribution in [-0.2, 0) is 6.42 Å². The van der Waals surface area contributed by atoms with Crippen molar-refractivity contribution in [2.24, 2.45) is 0 Å². The normalized spacial score (nSPS) is 13.0. The first-order valence-electron chi connectivity index (χ1n) is 10.1. The highest BCUT2D eigenvalue weighted by Gasteiger charge is 2.24. The number of hydrogen-bond donors (Lipinski definition) is 1. The summed E-state index contributed by atoms with van der Waals surface area (Å²) in [5.41, 5.74) is 8.47. The molecule has 0 fully saturated rings. The number of nitrogens with zero attached hydrogens (tertiary/aromatic N) is 1. The summed E-state index contributed by atoms with van der Waals surface area (Å²) in [6.07, 6.45) is 0.947. The molecule has 2 aromatic heterocycles. The van der Waals surface area contributed by atoms with E-state index in [0.717, 1.165) is 52.1 Å². The molecule has 2 nitrogen and oxygen atoms in total. The van der Waals surface area contributed by atoms with Crippen molar-refractivity contribution in [3.63, 3.8) is 0 Å². The van der Waals surface area contributed by atoms with Crippen LogP contribution in [0.25, 0.3) is 38.8 Å². The molecule has 30 heavy (non-hydrogen) atoms. The average Bonchev–Trinajstić information content (AvgIpc) is 3.11. The van der Waals surface area contributed by atoms with Crippen LogP contribution < -0.4 is 5.32 Å². The molecule has 146 valence electrons. The topological polar surface area (TPSA) is 16.4 Å². The van der Waals surface area contributed by atoms with E-state index in [-0.39, 0.29) is 11.6 Å². The number of anilines is 1. The van der Waals surface area contributed by atoms with Crippen molar-refractivity contribution < 1.29 is 8.78 Å². The number of para-hydroxylation sites is 1. The number of nitrogens with one attached hydrogen (secondary N) is 1. The fourth-order valence-electron chi connectivity index (χ4n) is 4.68. The number of aromatic nitrogens is 1. The van der Waals surface area contributed by atoms with Crippen molar-refractivity contribution in [3.05, 3.63) is 96.1 Å². The monoisotopic (exact) mass is 396 g/mol. The predicted molar refractivity (Wildman–Crippen MR) is 118 cm³/mol. The SMILES string of the molecule is Fc1ccc(-c2cc3c4c(c5ccccc5n4c2-c2ccc(F)cc2)CCN3)cc1. The van der Waals surface area contributed by atoms with Gasteiger partial charge in [0.25, 0.3) is 0 Å². The van der Waals surface area contributed by atoms with Gasteiger partial charge in [0.05, 0.1) is 22.4 Å². The zero-order chi connectivity index (χ0) is 20.2. The summed E-state index contributed by atoms with van der Waals surface area (Å²) in [7, 11) is 0. The third-order valence-electron chi connectivity index (χ3n) is 5.97. The highest BCUT2D eigenvalue weighted by Crippen LogP contribution is 2.43. The average molecular weight is 396 g/mol. The first kappa shape index (κ1) is 17.2. The Morgan fingerprint density at radius 2 is 1.43 bits per heavy atom. The van der Waals surface area contributed by atoms with Crippen molar-refractivity contribution in [1.29, 1.82) is 0 Å². The van der Waals surface area contributed by atoms with Crippen LogP contribution in [0.15, 0.2) is 78.9 Å². The fourth-order valence-corrected chi connectivity index (χ4v) is 4.68. The first-order chi connectivity index (χ1) is 14.7. The lowest BCUT2D eigenvalue weighted by molar-refractivity contribution is 0.627. The van der Waals surface area contributed by atoms with Gasteiger partial charge in [0.15, 0.2) is 0 Å². The molecular weight excluding hydrogens is 378 g/mol. The second-order valence-corrected chi connectivity index (χ2v) is 7.69. The van der Waals surface area contributed by atoms with Crippen LogP contribution >= 0.6 is 0 Å². The molecular formula is C26H18F2N2. The third-order valence-corrected chi connectivity index (χ3v) is 5.97. The highest BCUT2D eigenvalue weighted by molar-refractivity contribution is 6.03. The Morgan fingerprint density at radius 3 is 2.17 bits per heavy atom. The van der Waals surface area contributed by atoms with Crippen LogP contribution in [0.1, 0.15) is 5.56 Å². The second-order valence-electron chi connectivity index (χ2n) is 7.69.